The van der Waals surface area contributed by atoms with Gasteiger partial charge in [-0.15, -0.1) is 0 Å². The van der Waals surface area contributed by atoms with Crippen LogP contribution in [0.2, 0.25) is 0 Å². The first-order valence-electron chi connectivity index (χ1n) is 5.87. The zero-order valence-electron chi connectivity index (χ0n) is 10.5. The summed E-state index contributed by atoms with van der Waals surface area (Å²) in [6.07, 6.45) is 0.276. The molecule has 0 aliphatic carbocycles. The molecule has 2 N–H and O–H groups in total. The molecule has 5 nitrogen and oxygen atoms in total. The van der Waals surface area contributed by atoms with E-state index in [2.05, 4.69) is 10.0 Å². The minimum absolute atomic E-state index is 0.355. The van der Waals surface area contributed by atoms with Crippen LogP contribution in [0.15, 0.2) is 30.3 Å². The largest absolute Gasteiger partial charge is 0.382 e. The van der Waals surface area contributed by atoms with Gasteiger partial charge >= 0.3 is 10.3 Å². The topological polar surface area (TPSA) is 67.4 Å². The third kappa shape index (κ3) is 3.69. The quantitative estimate of drug-likeness (QED) is 0.873. The lowest BCUT2D eigenvalue weighted by atomic mass is 9.98. The average Bonchev–Trinajstić information content (AvgIpc) is 2.24. The summed E-state index contributed by atoms with van der Waals surface area (Å²) < 4.78 is 30.6. The van der Waals surface area contributed by atoms with Crippen molar-refractivity contribution in [2.45, 2.75) is 31.9 Å². The van der Waals surface area contributed by atoms with Crippen molar-refractivity contribution in [2.24, 2.45) is 0 Å². The summed E-state index contributed by atoms with van der Waals surface area (Å²) in [6.45, 7) is 4.17. The van der Waals surface area contributed by atoms with E-state index in [1.54, 1.807) is 0 Å². The molecule has 18 heavy (non-hydrogen) atoms. The van der Waals surface area contributed by atoms with E-state index in [0.717, 1.165) is 5.69 Å². The van der Waals surface area contributed by atoms with Crippen molar-refractivity contribution in [1.82, 2.24) is 4.72 Å². The van der Waals surface area contributed by atoms with Crippen LogP contribution in [-0.2, 0) is 14.5 Å². The van der Waals surface area contributed by atoms with Gasteiger partial charge in [0.05, 0.1) is 6.10 Å². The summed E-state index contributed by atoms with van der Waals surface area (Å²) in [5.74, 6) is 0. The Morgan fingerprint density at radius 1 is 1.39 bits per heavy atom. The van der Waals surface area contributed by atoms with Crippen LogP contribution in [0.25, 0.3) is 0 Å². The van der Waals surface area contributed by atoms with Gasteiger partial charge in [-0.2, -0.15) is 13.1 Å². The smallest absolute Gasteiger partial charge is 0.336 e. The number of anilines is 1. The number of rotatable bonds is 3. The molecule has 1 unspecified atom stereocenters. The second-order valence-corrected chi connectivity index (χ2v) is 6.41. The molecule has 1 aliphatic rings. The molecule has 0 saturated carbocycles. The number of hydrogen-bond donors (Lipinski definition) is 2. The van der Waals surface area contributed by atoms with Crippen LogP contribution in [0, 0.1) is 0 Å². The van der Waals surface area contributed by atoms with Crippen LogP contribution >= 0.6 is 0 Å². The summed E-state index contributed by atoms with van der Waals surface area (Å²) in [7, 11) is -3.63. The maximum Gasteiger partial charge on any atom is 0.336 e. The normalized spacial score (nSPS) is 25.6. The first-order valence-corrected chi connectivity index (χ1v) is 7.28. The van der Waals surface area contributed by atoms with Gasteiger partial charge in [-0.05, 0) is 32.4 Å². The maximum atomic E-state index is 11.5. The highest BCUT2D eigenvalue weighted by molar-refractivity contribution is 7.84. The van der Waals surface area contributed by atoms with E-state index in [4.69, 9.17) is 4.18 Å². The lowest BCUT2D eigenvalue weighted by Gasteiger charge is -2.35. The van der Waals surface area contributed by atoms with Gasteiger partial charge in [0.1, 0.15) is 0 Å². The highest BCUT2D eigenvalue weighted by atomic mass is 32.2. The van der Waals surface area contributed by atoms with Gasteiger partial charge in [0.25, 0.3) is 0 Å². The Hall–Kier alpha value is -1.11. The first kappa shape index (κ1) is 13.3. The molecule has 100 valence electrons. The van der Waals surface area contributed by atoms with E-state index in [1.807, 2.05) is 44.2 Å². The standard InChI is InChI=1S/C12H18N2O3S/c1-12(2)8-11(17-18(15,16)14-12)9-13-10-6-4-3-5-7-10/h3-7,11,13-14H,8-9H2,1-2H3. The van der Waals surface area contributed by atoms with Crippen LogP contribution in [0.5, 0.6) is 0 Å². The van der Waals surface area contributed by atoms with E-state index in [9.17, 15) is 8.42 Å². The van der Waals surface area contributed by atoms with E-state index >= 15 is 0 Å². The van der Waals surface area contributed by atoms with Crippen molar-refractivity contribution in [3.8, 4) is 0 Å². The molecule has 1 atom stereocenters. The second-order valence-electron chi connectivity index (χ2n) is 5.11. The Labute approximate surface area is 108 Å². The van der Waals surface area contributed by atoms with E-state index in [0.29, 0.717) is 13.0 Å². The summed E-state index contributed by atoms with van der Waals surface area (Å²) in [5.41, 5.74) is 0.481. The molecule has 6 heteroatoms. The van der Waals surface area contributed by atoms with Gasteiger partial charge in [0.15, 0.2) is 0 Å². The summed E-state index contributed by atoms with van der Waals surface area (Å²) in [5, 5.41) is 3.17. The lowest BCUT2D eigenvalue weighted by Crippen LogP contribution is -2.53. The van der Waals surface area contributed by atoms with Gasteiger partial charge in [-0.3, -0.25) is 4.18 Å². The van der Waals surface area contributed by atoms with Crippen molar-refractivity contribution in [3.05, 3.63) is 30.3 Å². The number of hydrogen-bond acceptors (Lipinski definition) is 4. The molecular weight excluding hydrogens is 252 g/mol. The highest BCUT2D eigenvalue weighted by Gasteiger charge is 2.36. The van der Waals surface area contributed by atoms with Crippen molar-refractivity contribution < 1.29 is 12.6 Å². The maximum absolute atomic E-state index is 11.5. The second kappa shape index (κ2) is 4.87. The Morgan fingerprint density at radius 3 is 2.67 bits per heavy atom. The fraction of sp³-hybridized carbons (Fsp3) is 0.500. The highest BCUT2D eigenvalue weighted by Crippen LogP contribution is 2.22. The van der Waals surface area contributed by atoms with Crippen molar-refractivity contribution in [3.63, 3.8) is 0 Å². The number of benzene rings is 1. The monoisotopic (exact) mass is 270 g/mol. The zero-order valence-corrected chi connectivity index (χ0v) is 11.3. The van der Waals surface area contributed by atoms with E-state index in [-0.39, 0.29) is 6.10 Å². The average molecular weight is 270 g/mol. The lowest BCUT2D eigenvalue weighted by molar-refractivity contribution is 0.141. The third-order valence-electron chi connectivity index (χ3n) is 2.71. The Bertz CT molecular complexity index is 499. The molecule has 1 heterocycles. The molecule has 1 saturated heterocycles. The first-order chi connectivity index (χ1) is 8.36. The molecule has 1 aromatic rings. The Kier molecular flexibility index (Phi) is 3.61. The summed E-state index contributed by atoms with van der Waals surface area (Å²) in [6, 6.07) is 9.64. The number of para-hydroxylation sites is 1. The molecule has 2 rings (SSSR count). The molecule has 1 fully saturated rings. The van der Waals surface area contributed by atoms with E-state index in [1.165, 1.54) is 0 Å². The molecule has 0 aromatic heterocycles. The summed E-state index contributed by atoms with van der Waals surface area (Å²) in [4.78, 5) is 0. The van der Waals surface area contributed by atoms with Gasteiger partial charge in [0, 0.05) is 17.8 Å². The van der Waals surface area contributed by atoms with Gasteiger partial charge < -0.3 is 5.32 Å². The van der Waals surface area contributed by atoms with Crippen molar-refractivity contribution in [2.75, 3.05) is 11.9 Å². The molecule has 0 amide bonds. The number of nitrogens with one attached hydrogen (secondary N) is 2. The van der Waals surface area contributed by atoms with E-state index < -0.39 is 15.8 Å². The fourth-order valence-electron chi connectivity index (χ4n) is 2.08. The molecule has 1 aliphatic heterocycles. The van der Waals surface area contributed by atoms with Gasteiger partial charge in [0.2, 0.25) is 0 Å². The molecule has 0 spiro atoms. The van der Waals surface area contributed by atoms with Crippen LogP contribution in [-0.4, -0.2) is 26.6 Å². The third-order valence-corrected chi connectivity index (χ3v) is 4.04. The van der Waals surface area contributed by atoms with Crippen LogP contribution < -0.4 is 10.0 Å². The molecular formula is C12H18N2O3S. The summed E-state index contributed by atoms with van der Waals surface area (Å²) >= 11 is 0. The predicted molar refractivity (Wildman–Crippen MR) is 70.6 cm³/mol. The predicted octanol–water partition coefficient (Wildman–Crippen LogP) is 1.50. The van der Waals surface area contributed by atoms with Gasteiger partial charge in [-0.1, -0.05) is 18.2 Å². The Balaban J connectivity index is 1.98. The molecule has 1 aromatic carbocycles. The SMILES string of the molecule is CC1(C)CC(CNc2ccccc2)OS(=O)(=O)N1. The van der Waals surface area contributed by atoms with Crippen LogP contribution in [0.3, 0.4) is 0 Å². The zero-order chi connectivity index (χ0) is 13.2. The Morgan fingerprint density at radius 2 is 2.06 bits per heavy atom. The van der Waals surface area contributed by atoms with Gasteiger partial charge in [-0.25, -0.2) is 0 Å². The van der Waals surface area contributed by atoms with Crippen molar-refractivity contribution >= 4 is 16.0 Å². The minimum atomic E-state index is -3.63. The van der Waals surface area contributed by atoms with Crippen molar-refractivity contribution in [1.29, 1.82) is 0 Å². The fourth-order valence-corrected chi connectivity index (χ4v) is 3.38. The molecule has 0 radical (unpaired) electrons. The minimum Gasteiger partial charge on any atom is -0.382 e. The molecule has 0 bridgehead atoms. The van der Waals surface area contributed by atoms with Crippen LogP contribution in [0.4, 0.5) is 5.69 Å². The van der Waals surface area contributed by atoms with Crippen LogP contribution in [0.1, 0.15) is 20.3 Å².